The van der Waals surface area contributed by atoms with Gasteiger partial charge < -0.3 is 10.1 Å². The minimum atomic E-state index is -0.540. The molecule has 3 rings (SSSR count). The zero-order valence-electron chi connectivity index (χ0n) is 15.6. The van der Waals surface area contributed by atoms with E-state index in [1.54, 1.807) is 0 Å². The van der Waals surface area contributed by atoms with Gasteiger partial charge in [0, 0.05) is 23.4 Å². The summed E-state index contributed by atoms with van der Waals surface area (Å²) in [4.78, 5) is 13.3. The second-order valence-electron chi connectivity index (χ2n) is 7.98. The van der Waals surface area contributed by atoms with Crippen LogP contribution in [-0.2, 0) is 20.4 Å². The number of rotatable bonds is 3. The molecular weight excluding hydrogens is 390 g/mol. The predicted octanol–water partition coefficient (Wildman–Crippen LogP) is 5.43. The number of carbonyl (C=O) groups is 1. The molecule has 0 radical (unpaired) electrons. The van der Waals surface area contributed by atoms with Crippen LogP contribution in [0.1, 0.15) is 44.7 Å². The normalized spacial score (nSPS) is 16.9. The largest absolute Gasteiger partial charge is 0.381 e. The second-order valence-corrected chi connectivity index (χ2v) is 8.90. The molecule has 0 unspecified atom stereocenters. The lowest BCUT2D eigenvalue weighted by atomic mass is 9.73. The lowest BCUT2D eigenvalue weighted by Crippen LogP contribution is -2.44. The van der Waals surface area contributed by atoms with Crippen molar-refractivity contribution in [3.8, 4) is 0 Å². The first-order chi connectivity index (χ1) is 12.3. The zero-order chi connectivity index (χ0) is 18.8. The van der Waals surface area contributed by atoms with Crippen molar-refractivity contribution in [2.75, 3.05) is 18.5 Å². The summed E-state index contributed by atoms with van der Waals surface area (Å²) in [7, 11) is 0. The molecule has 1 amide bonds. The first kappa shape index (κ1) is 19.1. The Morgan fingerprint density at radius 3 is 2.12 bits per heavy atom. The molecule has 1 heterocycles. The number of halogens is 1. The minimum Gasteiger partial charge on any atom is -0.381 e. The van der Waals surface area contributed by atoms with Crippen LogP contribution in [0.15, 0.2) is 53.0 Å². The summed E-state index contributed by atoms with van der Waals surface area (Å²) in [6, 6.07) is 16.2. The SMILES string of the molecule is CC(C)(C)c1ccc(NC(=O)C2(c3ccc(Br)cc3)CCOCC2)cc1. The molecule has 2 aromatic rings. The minimum absolute atomic E-state index is 0.0478. The number of nitrogens with one attached hydrogen (secondary N) is 1. The third kappa shape index (κ3) is 4.02. The van der Waals surface area contributed by atoms with Crippen LogP contribution in [-0.4, -0.2) is 19.1 Å². The number of anilines is 1. The number of carbonyl (C=O) groups excluding carboxylic acids is 1. The lowest BCUT2D eigenvalue weighted by molar-refractivity contribution is -0.125. The van der Waals surface area contributed by atoms with E-state index in [1.165, 1.54) is 5.56 Å². The fraction of sp³-hybridized carbons (Fsp3) is 0.409. The molecular formula is C22H26BrNO2. The van der Waals surface area contributed by atoms with Crippen LogP contribution in [0.25, 0.3) is 0 Å². The third-order valence-electron chi connectivity index (χ3n) is 5.19. The third-order valence-corrected chi connectivity index (χ3v) is 5.72. The van der Waals surface area contributed by atoms with Crippen molar-refractivity contribution in [1.29, 1.82) is 0 Å². The van der Waals surface area contributed by atoms with Gasteiger partial charge in [-0.05, 0) is 53.6 Å². The molecule has 1 fully saturated rings. The number of amides is 1. The van der Waals surface area contributed by atoms with Crippen LogP contribution >= 0.6 is 15.9 Å². The van der Waals surface area contributed by atoms with Crippen LogP contribution in [0.5, 0.6) is 0 Å². The van der Waals surface area contributed by atoms with E-state index in [4.69, 9.17) is 4.74 Å². The molecule has 4 heteroatoms. The molecule has 0 spiro atoms. The first-order valence-corrected chi connectivity index (χ1v) is 9.86. The van der Waals surface area contributed by atoms with Gasteiger partial charge >= 0.3 is 0 Å². The van der Waals surface area contributed by atoms with E-state index < -0.39 is 5.41 Å². The molecule has 0 aromatic heterocycles. The Labute approximate surface area is 164 Å². The summed E-state index contributed by atoms with van der Waals surface area (Å²) in [6.45, 7) is 7.76. The molecule has 0 atom stereocenters. The van der Waals surface area contributed by atoms with Gasteiger partial charge in [0.1, 0.15) is 0 Å². The predicted molar refractivity (Wildman–Crippen MR) is 110 cm³/mol. The maximum atomic E-state index is 13.3. The molecule has 1 N–H and O–H groups in total. The molecule has 0 saturated carbocycles. The molecule has 26 heavy (non-hydrogen) atoms. The van der Waals surface area contributed by atoms with Crippen LogP contribution in [0.4, 0.5) is 5.69 Å². The average molecular weight is 416 g/mol. The molecule has 1 aliphatic rings. The van der Waals surface area contributed by atoms with Gasteiger partial charge in [0.05, 0.1) is 5.41 Å². The van der Waals surface area contributed by atoms with Gasteiger partial charge in [-0.2, -0.15) is 0 Å². The van der Waals surface area contributed by atoms with Gasteiger partial charge in [0.25, 0.3) is 0 Å². The summed E-state index contributed by atoms with van der Waals surface area (Å²) in [5, 5.41) is 3.14. The highest BCUT2D eigenvalue weighted by atomic mass is 79.9. The van der Waals surface area contributed by atoms with E-state index in [9.17, 15) is 4.79 Å². The summed E-state index contributed by atoms with van der Waals surface area (Å²) in [6.07, 6.45) is 1.39. The van der Waals surface area contributed by atoms with Crippen molar-refractivity contribution in [2.45, 2.75) is 44.4 Å². The van der Waals surface area contributed by atoms with Crippen molar-refractivity contribution in [2.24, 2.45) is 0 Å². The van der Waals surface area contributed by atoms with Gasteiger partial charge in [-0.15, -0.1) is 0 Å². The van der Waals surface area contributed by atoms with E-state index in [1.807, 2.05) is 36.4 Å². The summed E-state index contributed by atoms with van der Waals surface area (Å²) < 4.78 is 6.55. The monoisotopic (exact) mass is 415 g/mol. The van der Waals surface area contributed by atoms with E-state index in [2.05, 4.69) is 54.2 Å². The molecule has 138 valence electrons. The van der Waals surface area contributed by atoms with Crippen LogP contribution in [0, 0.1) is 0 Å². The number of hydrogen-bond acceptors (Lipinski definition) is 2. The Morgan fingerprint density at radius 2 is 1.58 bits per heavy atom. The standard InChI is InChI=1S/C22H26BrNO2/c1-21(2,3)16-6-10-19(11-7-16)24-20(25)22(12-14-26-15-13-22)17-4-8-18(23)9-5-17/h4-11H,12-15H2,1-3H3,(H,24,25). The van der Waals surface area contributed by atoms with Gasteiger partial charge in [0.15, 0.2) is 0 Å². The Bertz CT molecular complexity index is 754. The van der Waals surface area contributed by atoms with Gasteiger partial charge in [0.2, 0.25) is 5.91 Å². The van der Waals surface area contributed by atoms with E-state index in [-0.39, 0.29) is 11.3 Å². The van der Waals surface area contributed by atoms with Gasteiger partial charge in [-0.25, -0.2) is 0 Å². The highest BCUT2D eigenvalue weighted by molar-refractivity contribution is 9.10. The number of hydrogen-bond donors (Lipinski definition) is 1. The fourth-order valence-electron chi connectivity index (χ4n) is 3.44. The van der Waals surface area contributed by atoms with Gasteiger partial charge in [-0.1, -0.05) is 61.0 Å². The van der Waals surface area contributed by atoms with Crippen molar-refractivity contribution in [1.82, 2.24) is 0 Å². The zero-order valence-corrected chi connectivity index (χ0v) is 17.2. The maximum absolute atomic E-state index is 13.3. The number of benzene rings is 2. The second kappa shape index (κ2) is 7.53. The molecule has 0 bridgehead atoms. The molecule has 2 aromatic carbocycles. The van der Waals surface area contributed by atoms with E-state index in [0.29, 0.717) is 26.1 Å². The molecule has 1 saturated heterocycles. The Hall–Kier alpha value is -1.65. The summed E-state index contributed by atoms with van der Waals surface area (Å²) in [5.74, 6) is 0.0478. The number of ether oxygens (including phenoxy) is 1. The van der Waals surface area contributed by atoms with Crippen molar-refractivity contribution in [3.63, 3.8) is 0 Å². The highest BCUT2D eigenvalue weighted by Gasteiger charge is 2.41. The maximum Gasteiger partial charge on any atom is 0.235 e. The average Bonchev–Trinajstić information content (AvgIpc) is 2.62. The quantitative estimate of drug-likeness (QED) is 0.724. The summed E-state index contributed by atoms with van der Waals surface area (Å²) in [5.41, 5.74) is 2.70. The van der Waals surface area contributed by atoms with E-state index in [0.717, 1.165) is 15.7 Å². The molecule has 1 aliphatic heterocycles. The van der Waals surface area contributed by atoms with Crippen molar-refractivity contribution < 1.29 is 9.53 Å². The van der Waals surface area contributed by atoms with Crippen molar-refractivity contribution in [3.05, 3.63) is 64.1 Å². The molecule has 3 nitrogen and oxygen atoms in total. The summed E-state index contributed by atoms with van der Waals surface area (Å²) >= 11 is 3.48. The van der Waals surface area contributed by atoms with Crippen molar-refractivity contribution >= 4 is 27.5 Å². The van der Waals surface area contributed by atoms with E-state index >= 15 is 0 Å². The van der Waals surface area contributed by atoms with Gasteiger partial charge in [-0.3, -0.25) is 4.79 Å². The first-order valence-electron chi connectivity index (χ1n) is 9.07. The van der Waals surface area contributed by atoms with Crippen LogP contribution in [0.3, 0.4) is 0 Å². The fourth-order valence-corrected chi connectivity index (χ4v) is 3.70. The Kier molecular flexibility index (Phi) is 5.54. The molecule has 0 aliphatic carbocycles. The van der Waals surface area contributed by atoms with Crippen LogP contribution in [0.2, 0.25) is 0 Å². The smallest absolute Gasteiger partial charge is 0.235 e. The topological polar surface area (TPSA) is 38.3 Å². The lowest BCUT2D eigenvalue weighted by Gasteiger charge is -2.36. The van der Waals surface area contributed by atoms with Crippen LogP contribution < -0.4 is 5.32 Å². The Balaban J connectivity index is 1.85. The Morgan fingerprint density at radius 1 is 1.00 bits per heavy atom. The highest BCUT2D eigenvalue weighted by Crippen LogP contribution is 2.37.